The average Bonchev–Trinajstić information content (AvgIpc) is 3.19. The van der Waals surface area contributed by atoms with E-state index < -0.39 is 5.54 Å². The molecule has 2 aromatic heterocycles. The molecule has 1 amide bonds. The molecule has 112 valence electrons. The summed E-state index contributed by atoms with van der Waals surface area (Å²) in [7, 11) is 0. The second kappa shape index (κ2) is 5.57. The maximum absolute atomic E-state index is 12.1. The molecular weight excluding hydrogens is 290 g/mol. The lowest BCUT2D eigenvalue weighted by atomic mass is 10.1. The topological polar surface area (TPSA) is 77.2 Å². The summed E-state index contributed by atoms with van der Waals surface area (Å²) < 4.78 is 10.7. The minimum atomic E-state index is -0.716. The Bertz CT molecular complexity index is 615. The summed E-state index contributed by atoms with van der Waals surface area (Å²) in [5.74, 6) is 1.11. The molecule has 0 bridgehead atoms. The van der Waals surface area contributed by atoms with Crippen LogP contribution in [-0.4, -0.2) is 29.3 Å². The molecule has 0 saturated carbocycles. The molecule has 0 spiro atoms. The quantitative estimate of drug-likeness (QED) is 0.938. The van der Waals surface area contributed by atoms with Crippen LogP contribution in [0.5, 0.6) is 0 Å². The maximum Gasteiger partial charge on any atom is 0.262 e. The van der Waals surface area contributed by atoms with Crippen LogP contribution in [0.1, 0.15) is 47.6 Å². The molecule has 0 aromatic carbocycles. The minimum absolute atomic E-state index is 0.140. The molecule has 7 heteroatoms. The van der Waals surface area contributed by atoms with Gasteiger partial charge in [0.15, 0.2) is 5.82 Å². The minimum Gasteiger partial charge on any atom is -0.381 e. The van der Waals surface area contributed by atoms with E-state index in [9.17, 15) is 4.79 Å². The van der Waals surface area contributed by atoms with Gasteiger partial charge >= 0.3 is 0 Å². The predicted octanol–water partition coefficient (Wildman–Crippen LogP) is 2.30. The molecule has 0 radical (unpaired) electrons. The smallest absolute Gasteiger partial charge is 0.262 e. The molecule has 1 fully saturated rings. The Labute approximate surface area is 126 Å². The van der Waals surface area contributed by atoms with E-state index >= 15 is 0 Å². The zero-order valence-electron chi connectivity index (χ0n) is 12.0. The summed E-state index contributed by atoms with van der Waals surface area (Å²) in [4.78, 5) is 17.2. The fraction of sp³-hybridized carbons (Fsp3) is 0.500. The van der Waals surface area contributed by atoms with Crippen LogP contribution in [-0.2, 0) is 10.3 Å². The molecule has 1 saturated heterocycles. The van der Waals surface area contributed by atoms with Crippen molar-refractivity contribution < 1.29 is 14.1 Å². The molecule has 1 N–H and O–H groups in total. The molecule has 21 heavy (non-hydrogen) atoms. The van der Waals surface area contributed by atoms with Crippen LogP contribution in [0, 0.1) is 0 Å². The van der Waals surface area contributed by atoms with Gasteiger partial charge in [-0.05, 0) is 31.7 Å². The van der Waals surface area contributed by atoms with Gasteiger partial charge in [-0.2, -0.15) is 4.98 Å². The number of amides is 1. The van der Waals surface area contributed by atoms with E-state index in [2.05, 4.69) is 15.5 Å². The van der Waals surface area contributed by atoms with E-state index in [1.165, 1.54) is 11.3 Å². The van der Waals surface area contributed by atoms with Gasteiger partial charge in [0.05, 0.1) is 11.5 Å². The summed E-state index contributed by atoms with van der Waals surface area (Å²) in [5.41, 5.74) is -0.716. The third-order valence-electron chi connectivity index (χ3n) is 3.44. The first kappa shape index (κ1) is 14.2. The van der Waals surface area contributed by atoms with E-state index in [0.717, 1.165) is 13.0 Å². The van der Waals surface area contributed by atoms with E-state index in [4.69, 9.17) is 9.26 Å². The van der Waals surface area contributed by atoms with Crippen molar-refractivity contribution >= 4 is 17.2 Å². The Morgan fingerprint density at radius 3 is 3.05 bits per heavy atom. The Morgan fingerprint density at radius 1 is 1.52 bits per heavy atom. The molecule has 6 nitrogen and oxygen atoms in total. The van der Waals surface area contributed by atoms with Gasteiger partial charge in [0.2, 0.25) is 0 Å². The summed E-state index contributed by atoms with van der Waals surface area (Å²) in [6.07, 6.45) is 0.904. The van der Waals surface area contributed by atoms with Gasteiger partial charge in [-0.1, -0.05) is 11.2 Å². The predicted molar refractivity (Wildman–Crippen MR) is 77.3 cm³/mol. The van der Waals surface area contributed by atoms with Gasteiger partial charge in [0.25, 0.3) is 11.8 Å². The number of aromatic nitrogens is 2. The van der Waals surface area contributed by atoms with Crippen LogP contribution in [0.4, 0.5) is 0 Å². The first-order chi connectivity index (χ1) is 10.1. The van der Waals surface area contributed by atoms with Crippen LogP contribution in [0.3, 0.4) is 0 Å². The number of thiophene rings is 1. The number of carbonyl (C=O) groups excluding carboxylic acids is 1. The maximum atomic E-state index is 12.1. The lowest BCUT2D eigenvalue weighted by Crippen LogP contribution is -2.41. The van der Waals surface area contributed by atoms with Gasteiger partial charge in [0, 0.05) is 12.5 Å². The van der Waals surface area contributed by atoms with Crippen molar-refractivity contribution in [1.82, 2.24) is 15.5 Å². The van der Waals surface area contributed by atoms with E-state index in [-0.39, 0.29) is 11.8 Å². The van der Waals surface area contributed by atoms with Crippen LogP contribution in [0.2, 0.25) is 0 Å². The number of nitrogens with zero attached hydrogens (tertiary/aromatic N) is 2. The summed E-state index contributed by atoms with van der Waals surface area (Å²) >= 11 is 1.40. The molecular formula is C14H17N3O3S. The third-order valence-corrected chi connectivity index (χ3v) is 4.31. The molecule has 2 aromatic rings. The van der Waals surface area contributed by atoms with Crippen LogP contribution in [0.15, 0.2) is 22.0 Å². The van der Waals surface area contributed by atoms with Gasteiger partial charge in [-0.15, -0.1) is 11.3 Å². The van der Waals surface area contributed by atoms with Crippen molar-refractivity contribution in [2.45, 2.75) is 31.7 Å². The number of nitrogens with one attached hydrogen (secondary N) is 1. The first-order valence-electron chi connectivity index (χ1n) is 6.84. The third kappa shape index (κ3) is 2.98. The van der Waals surface area contributed by atoms with Crippen LogP contribution >= 0.6 is 11.3 Å². The van der Waals surface area contributed by atoms with Crippen molar-refractivity contribution in [3.63, 3.8) is 0 Å². The second-order valence-corrected chi connectivity index (χ2v) is 6.52. The van der Waals surface area contributed by atoms with Crippen LogP contribution in [0.25, 0.3) is 0 Å². The van der Waals surface area contributed by atoms with Crippen molar-refractivity contribution in [3.05, 3.63) is 34.1 Å². The van der Waals surface area contributed by atoms with Crippen molar-refractivity contribution in [3.8, 4) is 0 Å². The molecule has 3 heterocycles. The normalized spacial score (nSPS) is 18.9. The van der Waals surface area contributed by atoms with Gasteiger partial charge in [0.1, 0.15) is 5.54 Å². The van der Waals surface area contributed by atoms with Crippen molar-refractivity contribution in [2.24, 2.45) is 0 Å². The molecule has 0 unspecified atom stereocenters. The number of hydrogen-bond acceptors (Lipinski definition) is 6. The zero-order chi connectivity index (χ0) is 14.9. The van der Waals surface area contributed by atoms with E-state index in [0.29, 0.717) is 23.2 Å². The molecule has 1 aliphatic rings. The van der Waals surface area contributed by atoms with Gasteiger partial charge in [-0.25, -0.2) is 0 Å². The number of rotatable bonds is 4. The van der Waals surface area contributed by atoms with Gasteiger partial charge < -0.3 is 14.6 Å². The molecule has 1 atom stereocenters. The highest BCUT2D eigenvalue weighted by atomic mass is 32.1. The lowest BCUT2D eigenvalue weighted by molar-refractivity contribution is 0.0899. The first-order valence-corrected chi connectivity index (χ1v) is 7.72. The van der Waals surface area contributed by atoms with Crippen molar-refractivity contribution in [2.75, 3.05) is 13.2 Å². The monoisotopic (exact) mass is 307 g/mol. The fourth-order valence-electron chi connectivity index (χ4n) is 2.20. The number of carbonyl (C=O) groups is 1. The summed E-state index contributed by atoms with van der Waals surface area (Å²) in [5, 5.41) is 8.81. The standard InChI is InChI=1S/C14H17N3O3S/c1-14(2,16-12(18)10-4-3-7-21-10)13-15-11(17-20-13)9-5-6-19-8-9/h3-4,7,9H,5-6,8H2,1-2H3,(H,16,18)/t9-/m1/s1. The van der Waals surface area contributed by atoms with Crippen LogP contribution < -0.4 is 5.32 Å². The highest BCUT2D eigenvalue weighted by Crippen LogP contribution is 2.26. The summed E-state index contributed by atoms with van der Waals surface area (Å²) in [6.45, 7) is 5.05. The Kier molecular flexibility index (Phi) is 3.77. The summed E-state index contributed by atoms with van der Waals surface area (Å²) in [6, 6.07) is 3.63. The number of ether oxygens (including phenoxy) is 1. The SMILES string of the molecule is CC(C)(NC(=O)c1cccs1)c1nc([C@@H]2CCOC2)no1. The zero-order valence-corrected chi connectivity index (χ0v) is 12.8. The highest BCUT2D eigenvalue weighted by molar-refractivity contribution is 7.12. The van der Waals surface area contributed by atoms with E-state index in [1.807, 2.05) is 25.3 Å². The van der Waals surface area contributed by atoms with Crippen molar-refractivity contribution in [1.29, 1.82) is 0 Å². The highest BCUT2D eigenvalue weighted by Gasteiger charge is 2.32. The van der Waals surface area contributed by atoms with E-state index in [1.54, 1.807) is 6.07 Å². The Hall–Kier alpha value is -1.73. The Balaban J connectivity index is 1.73. The number of hydrogen-bond donors (Lipinski definition) is 1. The lowest BCUT2D eigenvalue weighted by Gasteiger charge is -2.21. The largest absolute Gasteiger partial charge is 0.381 e. The average molecular weight is 307 g/mol. The molecule has 1 aliphatic heterocycles. The second-order valence-electron chi connectivity index (χ2n) is 5.57. The fourth-order valence-corrected chi connectivity index (χ4v) is 2.82. The molecule has 3 rings (SSSR count). The Morgan fingerprint density at radius 2 is 2.38 bits per heavy atom. The van der Waals surface area contributed by atoms with Gasteiger partial charge in [-0.3, -0.25) is 4.79 Å². The molecule has 0 aliphatic carbocycles.